The van der Waals surface area contributed by atoms with E-state index in [0.29, 0.717) is 0 Å². The zero-order valence-electron chi connectivity index (χ0n) is 14.4. The maximum absolute atomic E-state index is 8.89. The molecular formula is C12H18O12U. The van der Waals surface area contributed by atoms with Gasteiger partial charge in [-0.3, -0.25) is 0 Å². The predicted molar refractivity (Wildman–Crippen MR) is 64.1 cm³/mol. The zero-order chi connectivity index (χ0) is 21.5. The Labute approximate surface area is 167 Å². The van der Waals surface area contributed by atoms with Crippen LogP contribution in [0.15, 0.2) is 0 Å². The summed E-state index contributed by atoms with van der Waals surface area (Å²) < 4.78 is 0. The monoisotopic (exact) mass is 592 g/mol. The molecule has 0 bridgehead atoms. The first-order chi connectivity index (χ1) is 10.4. The van der Waals surface area contributed by atoms with E-state index in [1.807, 2.05) is 0 Å². The van der Waals surface area contributed by atoms with E-state index in [1.165, 1.54) is 0 Å². The molecule has 0 aliphatic carbocycles. The molecule has 0 heterocycles. The summed E-state index contributed by atoms with van der Waals surface area (Å²) in [5, 5.41) is 53.3. The number of hydrogen-bond donors (Lipinski definition) is 0. The maximum atomic E-state index is 8.89. The van der Waals surface area contributed by atoms with Gasteiger partial charge in [0.05, 0.1) is 0 Å². The Morgan fingerprint density at radius 1 is 0.360 bits per heavy atom. The van der Waals surface area contributed by atoms with E-state index in [4.69, 9.17) is 59.4 Å². The Morgan fingerprint density at radius 2 is 0.360 bits per heavy atom. The quantitative estimate of drug-likeness (QED) is 0.255. The second kappa shape index (κ2) is 37.8. The molecule has 0 aliphatic rings. The first-order valence-electron chi connectivity index (χ1n) is 5.45. The van der Waals surface area contributed by atoms with Crippen molar-refractivity contribution in [1.29, 1.82) is 0 Å². The average Bonchev–Trinajstić information content (AvgIpc) is 2.08. The topological polar surface area (TPSA) is 241 Å². The van der Waals surface area contributed by atoms with Crippen LogP contribution in [0.1, 0.15) is 41.5 Å². The minimum atomic E-state index is -1.08. The first kappa shape index (κ1) is 43.4. The molecule has 0 radical (unpaired) electrons. The van der Waals surface area contributed by atoms with E-state index in [9.17, 15) is 0 Å². The third-order valence-electron chi connectivity index (χ3n) is 0. The van der Waals surface area contributed by atoms with Gasteiger partial charge in [-0.15, -0.1) is 0 Å². The fourth-order valence-electron chi connectivity index (χ4n) is 0. The normalized spacial score (nSPS) is 6.00. The van der Waals surface area contributed by atoms with Gasteiger partial charge in [0.25, 0.3) is 0 Å². The van der Waals surface area contributed by atoms with Crippen LogP contribution in [0, 0.1) is 31.1 Å². The molecule has 0 aliphatic heterocycles. The van der Waals surface area contributed by atoms with Gasteiger partial charge in [0.15, 0.2) is 0 Å². The van der Waals surface area contributed by atoms with Gasteiger partial charge in [-0.2, -0.15) is 0 Å². The largest absolute Gasteiger partial charge is 6.00 e. The first-order valence-corrected chi connectivity index (χ1v) is 5.45. The fourth-order valence-corrected chi connectivity index (χ4v) is 0. The average molecular weight is 592 g/mol. The van der Waals surface area contributed by atoms with Gasteiger partial charge in [0.2, 0.25) is 0 Å². The van der Waals surface area contributed by atoms with Crippen LogP contribution < -0.4 is 30.6 Å². The van der Waals surface area contributed by atoms with E-state index in [0.717, 1.165) is 41.5 Å². The van der Waals surface area contributed by atoms with E-state index in [2.05, 4.69) is 0 Å². The Balaban J connectivity index is -0.0000000309. The summed E-state index contributed by atoms with van der Waals surface area (Å²) in [7, 11) is 0. The molecule has 13 heteroatoms. The summed E-state index contributed by atoms with van der Waals surface area (Å²) in [5.41, 5.74) is 0. The van der Waals surface area contributed by atoms with Crippen molar-refractivity contribution in [2.24, 2.45) is 0 Å². The molecule has 0 saturated carbocycles. The molecule has 0 rings (SSSR count). The van der Waals surface area contributed by atoms with Crippen molar-refractivity contribution >= 4 is 35.8 Å². The Hall–Kier alpha value is -2.13. The Kier molecular flexibility index (Phi) is 65.7. The van der Waals surface area contributed by atoms with E-state index in [-0.39, 0.29) is 31.1 Å². The molecule has 0 saturated heterocycles. The van der Waals surface area contributed by atoms with Gasteiger partial charge < -0.3 is 59.4 Å². The van der Waals surface area contributed by atoms with E-state index in [1.54, 1.807) is 0 Å². The zero-order valence-corrected chi connectivity index (χ0v) is 18.6. The molecule has 0 fully saturated rings. The van der Waals surface area contributed by atoms with Crippen molar-refractivity contribution in [2.75, 3.05) is 0 Å². The fraction of sp³-hybridized carbons (Fsp3) is 0.500. The summed E-state index contributed by atoms with van der Waals surface area (Å²) in [6.07, 6.45) is 0. The third kappa shape index (κ3) is 1910. The molecule has 0 N–H and O–H groups in total. The summed E-state index contributed by atoms with van der Waals surface area (Å²) >= 11 is 0. The van der Waals surface area contributed by atoms with Crippen molar-refractivity contribution in [3.8, 4) is 0 Å². The van der Waals surface area contributed by atoms with Gasteiger partial charge in [-0.1, -0.05) is 0 Å². The van der Waals surface area contributed by atoms with Crippen LogP contribution in [-0.4, -0.2) is 35.8 Å². The van der Waals surface area contributed by atoms with Crippen molar-refractivity contribution in [3.05, 3.63) is 0 Å². The van der Waals surface area contributed by atoms with Crippen molar-refractivity contribution in [1.82, 2.24) is 0 Å². The molecular weight excluding hydrogens is 574 g/mol. The van der Waals surface area contributed by atoms with Gasteiger partial charge >= 0.3 is 31.1 Å². The molecule has 0 aromatic heterocycles. The van der Waals surface area contributed by atoms with Crippen LogP contribution in [0.2, 0.25) is 0 Å². The van der Waals surface area contributed by atoms with Gasteiger partial charge in [-0.25, -0.2) is 0 Å². The predicted octanol–water partition coefficient (Wildman–Crippen LogP) is -7.46. The van der Waals surface area contributed by atoms with E-state index >= 15 is 0 Å². The molecule has 0 amide bonds. The van der Waals surface area contributed by atoms with Crippen LogP contribution in [-0.2, 0) is 28.8 Å². The second-order valence-electron chi connectivity index (χ2n) is 2.95. The standard InChI is InChI=1S/6C2H4O2.U/c6*1-2(3)4;/h6*1H3,(H,3,4);/q;;;;;;+6/p-6. The van der Waals surface area contributed by atoms with Crippen molar-refractivity contribution in [3.63, 3.8) is 0 Å². The number of carbonyl (C=O) groups is 6. The SMILES string of the molecule is CC(=O)[O-].CC(=O)[O-].CC(=O)[O-].CC(=O)[O-].CC(=O)[O-].CC(=O)[O-].[U+6]. The van der Waals surface area contributed by atoms with Crippen LogP contribution >= 0.6 is 0 Å². The summed E-state index contributed by atoms with van der Waals surface area (Å²) in [6.45, 7) is 5.83. The molecule has 25 heavy (non-hydrogen) atoms. The Bertz CT molecular complexity index is 261. The number of carboxylic acids is 6. The summed E-state index contributed by atoms with van der Waals surface area (Å²) in [4.78, 5) is 53.3. The summed E-state index contributed by atoms with van der Waals surface area (Å²) in [6, 6.07) is 0. The molecule has 0 atom stereocenters. The molecule has 0 unspecified atom stereocenters. The van der Waals surface area contributed by atoms with Crippen molar-refractivity contribution in [2.45, 2.75) is 41.5 Å². The molecule has 0 aromatic carbocycles. The second-order valence-corrected chi connectivity index (χ2v) is 2.95. The maximum Gasteiger partial charge on any atom is 6.00 e. The van der Waals surface area contributed by atoms with Crippen LogP contribution in [0.3, 0.4) is 0 Å². The molecule has 0 aromatic rings. The number of carboxylic acid groups (broad SMARTS) is 6. The number of carbonyl (C=O) groups excluding carboxylic acids is 6. The van der Waals surface area contributed by atoms with Gasteiger partial charge in [0, 0.05) is 35.8 Å². The van der Waals surface area contributed by atoms with Crippen LogP contribution in [0.4, 0.5) is 0 Å². The minimum Gasteiger partial charge on any atom is -0.550 e. The van der Waals surface area contributed by atoms with Crippen molar-refractivity contribution < 1.29 is 90.5 Å². The molecule has 142 valence electrons. The Morgan fingerprint density at radius 3 is 0.360 bits per heavy atom. The number of hydrogen-bond acceptors (Lipinski definition) is 12. The summed E-state index contributed by atoms with van der Waals surface area (Å²) in [5.74, 6) is -6.50. The molecule has 0 spiro atoms. The smallest absolute Gasteiger partial charge is 0.550 e. The number of aliphatic carboxylic acids is 6. The minimum absolute atomic E-state index is 0. The van der Waals surface area contributed by atoms with E-state index < -0.39 is 35.8 Å². The molecule has 12 nitrogen and oxygen atoms in total. The third-order valence-corrected chi connectivity index (χ3v) is 0. The van der Waals surface area contributed by atoms with Crippen LogP contribution in [0.25, 0.3) is 0 Å². The number of rotatable bonds is 0. The van der Waals surface area contributed by atoms with Gasteiger partial charge in [-0.05, 0) is 41.5 Å². The van der Waals surface area contributed by atoms with Gasteiger partial charge in [0.1, 0.15) is 0 Å². The van der Waals surface area contributed by atoms with Crippen LogP contribution in [0.5, 0.6) is 0 Å².